The standard InChI is InChI=1S/C8H16F3NOSi/c1-5(2)7(3,4)8(9,14)6(13)12(10)11/h5H,1-4,14H3. The van der Waals surface area contributed by atoms with Crippen LogP contribution < -0.4 is 0 Å². The maximum absolute atomic E-state index is 14.0. The third-order valence-corrected chi connectivity index (χ3v) is 4.92. The molecule has 0 aliphatic heterocycles. The summed E-state index contributed by atoms with van der Waals surface area (Å²) in [4.78, 5) is 11.0. The van der Waals surface area contributed by atoms with Crippen molar-refractivity contribution in [2.75, 3.05) is 0 Å². The zero-order chi connectivity index (χ0) is 11.7. The van der Waals surface area contributed by atoms with Crippen LogP contribution in [0.1, 0.15) is 27.7 Å². The number of rotatable bonds is 3. The van der Waals surface area contributed by atoms with Crippen molar-refractivity contribution in [2.45, 2.75) is 33.0 Å². The minimum atomic E-state index is -2.43. The molecule has 0 saturated heterocycles. The quantitative estimate of drug-likeness (QED) is 0.525. The predicted octanol–water partition coefficient (Wildman–Crippen LogP) is 1.30. The molecule has 2 nitrogen and oxygen atoms in total. The molecular weight excluding hydrogens is 211 g/mol. The number of hydrogen-bond acceptors (Lipinski definition) is 1. The molecule has 14 heavy (non-hydrogen) atoms. The van der Waals surface area contributed by atoms with Crippen LogP contribution >= 0.6 is 0 Å². The average molecular weight is 227 g/mol. The molecule has 0 heterocycles. The second-order valence-corrected chi connectivity index (χ2v) is 5.80. The van der Waals surface area contributed by atoms with Crippen LogP contribution in [0.15, 0.2) is 0 Å². The third kappa shape index (κ3) is 2.10. The van der Waals surface area contributed by atoms with Crippen LogP contribution in [0, 0.1) is 11.3 Å². The molecule has 0 aliphatic rings. The van der Waals surface area contributed by atoms with Crippen molar-refractivity contribution >= 4 is 16.1 Å². The van der Waals surface area contributed by atoms with Gasteiger partial charge < -0.3 is 0 Å². The zero-order valence-electron chi connectivity index (χ0n) is 9.07. The maximum atomic E-state index is 14.0. The van der Waals surface area contributed by atoms with Crippen LogP contribution in [0.2, 0.25) is 0 Å². The Kier molecular flexibility index (Phi) is 3.77. The Hall–Kier alpha value is -0.523. The van der Waals surface area contributed by atoms with Crippen LogP contribution in [-0.2, 0) is 4.79 Å². The summed E-state index contributed by atoms with van der Waals surface area (Å²) in [5.41, 5.74) is -1.08. The molecule has 0 N–H and O–H groups in total. The third-order valence-electron chi connectivity index (χ3n) is 3.21. The molecule has 0 rings (SSSR count). The largest absolute Gasteiger partial charge is 0.316 e. The van der Waals surface area contributed by atoms with Gasteiger partial charge in [-0.1, -0.05) is 36.7 Å². The topological polar surface area (TPSA) is 20.3 Å². The van der Waals surface area contributed by atoms with Crippen LogP contribution in [0.4, 0.5) is 13.4 Å². The molecule has 1 unspecified atom stereocenters. The van der Waals surface area contributed by atoms with Crippen molar-refractivity contribution in [3.63, 3.8) is 0 Å². The number of amides is 1. The van der Waals surface area contributed by atoms with E-state index < -0.39 is 22.0 Å². The number of hydrogen-bond donors (Lipinski definition) is 0. The van der Waals surface area contributed by atoms with Crippen molar-refractivity contribution in [3.8, 4) is 0 Å². The van der Waals surface area contributed by atoms with Gasteiger partial charge in [0.05, 0.1) is 10.2 Å². The van der Waals surface area contributed by atoms with E-state index in [-0.39, 0.29) is 16.2 Å². The number of nitrogens with zero attached hydrogens (tertiary/aromatic N) is 1. The van der Waals surface area contributed by atoms with Gasteiger partial charge in [-0.05, 0) is 11.3 Å². The van der Waals surface area contributed by atoms with Crippen molar-refractivity contribution in [3.05, 3.63) is 0 Å². The Morgan fingerprint density at radius 1 is 1.36 bits per heavy atom. The second kappa shape index (κ2) is 3.92. The number of carbonyl (C=O) groups is 1. The van der Waals surface area contributed by atoms with Gasteiger partial charge in [-0.2, -0.15) is 0 Å². The van der Waals surface area contributed by atoms with Gasteiger partial charge in [-0.25, -0.2) is 4.39 Å². The van der Waals surface area contributed by atoms with Crippen LogP contribution in [-0.4, -0.2) is 26.8 Å². The molecule has 0 aromatic heterocycles. The van der Waals surface area contributed by atoms with Gasteiger partial charge in [0, 0.05) is 5.41 Å². The molecule has 6 heteroatoms. The lowest BCUT2D eigenvalue weighted by atomic mass is 9.76. The lowest BCUT2D eigenvalue weighted by Gasteiger charge is -2.39. The first kappa shape index (κ1) is 13.5. The molecule has 0 aliphatic carbocycles. The summed E-state index contributed by atoms with van der Waals surface area (Å²) in [6, 6.07) is 0. The molecule has 1 amide bonds. The van der Waals surface area contributed by atoms with E-state index in [1.807, 2.05) is 0 Å². The summed E-state index contributed by atoms with van der Waals surface area (Å²) < 4.78 is 37.9. The van der Waals surface area contributed by atoms with Gasteiger partial charge in [0.25, 0.3) is 0 Å². The molecule has 0 saturated carbocycles. The Morgan fingerprint density at radius 3 is 1.93 bits per heavy atom. The van der Waals surface area contributed by atoms with E-state index in [9.17, 15) is 18.1 Å². The van der Waals surface area contributed by atoms with E-state index in [1.54, 1.807) is 13.8 Å². The van der Waals surface area contributed by atoms with E-state index in [0.717, 1.165) is 0 Å². The van der Waals surface area contributed by atoms with E-state index in [1.165, 1.54) is 13.8 Å². The summed E-state index contributed by atoms with van der Waals surface area (Å²) in [7, 11) is -0.252. The predicted molar refractivity (Wildman–Crippen MR) is 51.5 cm³/mol. The first-order chi connectivity index (χ1) is 6.05. The summed E-state index contributed by atoms with van der Waals surface area (Å²) in [5, 5.41) is -4.08. The fourth-order valence-corrected chi connectivity index (χ4v) is 1.72. The monoisotopic (exact) mass is 227 g/mol. The van der Waals surface area contributed by atoms with Crippen LogP contribution in [0.5, 0.6) is 0 Å². The van der Waals surface area contributed by atoms with Gasteiger partial charge >= 0.3 is 5.91 Å². The van der Waals surface area contributed by atoms with Crippen LogP contribution in [0.25, 0.3) is 0 Å². The molecule has 0 aromatic rings. The van der Waals surface area contributed by atoms with E-state index in [4.69, 9.17) is 0 Å². The van der Waals surface area contributed by atoms with Gasteiger partial charge in [-0.15, -0.1) is 0 Å². The van der Waals surface area contributed by atoms with Gasteiger partial charge in [0.1, 0.15) is 0 Å². The lowest BCUT2D eigenvalue weighted by Crippen LogP contribution is -2.53. The molecule has 0 fully saturated rings. The minimum absolute atomic E-state index is 0.186. The van der Waals surface area contributed by atoms with E-state index >= 15 is 0 Å². The summed E-state index contributed by atoms with van der Waals surface area (Å²) in [6.45, 7) is 6.40. The molecule has 84 valence electrons. The number of alkyl halides is 1. The highest BCUT2D eigenvalue weighted by molar-refractivity contribution is 6.27. The molecule has 0 bridgehead atoms. The van der Waals surface area contributed by atoms with Crippen molar-refractivity contribution in [1.29, 1.82) is 0 Å². The first-order valence-corrected chi connectivity index (χ1v) is 5.40. The SMILES string of the molecule is CC(C)C(C)(C)C(F)([SiH3])C(=O)N(F)F. The van der Waals surface area contributed by atoms with E-state index in [2.05, 4.69) is 0 Å². The molecule has 0 spiro atoms. The zero-order valence-corrected chi connectivity index (χ0v) is 11.1. The normalized spacial score (nSPS) is 16.9. The highest BCUT2D eigenvalue weighted by Gasteiger charge is 2.52. The Morgan fingerprint density at radius 2 is 1.71 bits per heavy atom. The molecule has 1 atom stereocenters. The van der Waals surface area contributed by atoms with Crippen molar-refractivity contribution in [1.82, 2.24) is 5.34 Å². The Bertz CT molecular complexity index is 229. The second-order valence-electron chi connectivity index (χ2n) is 4.42. The van der Waals surface area contributed by atoms with Gasteiger partial charge in [0.2, 0.25) is 0 Å². The Balaban J connectivity index is 5.04. The van der Waals surface area contributed by atoms with Crippen molar-refractivity contribution in [2.24, 2.45) is 11.3 Å². The smallest absolute Gasteiger partial charge is 0.266 e. The molecular formula is C8H16F3NOSi. The lowest BCUT2D eigenvalue weighted by molar-refractivity contribution is -0.202. The Labute approximate surface area is 84.8 Å². The highest BCUT2D eigenvalue weighted by Crippen LogP contribution is 2.40. The fourth-order valence-electron chi connectivity index (χ4n) is 0.976. The first-order valence-electron chi connectivity index (χ1n) is 4.40. The molecule has 0 radical (unpaired) electrons. The van der Waals surface area contributed by atoms with Gasteiger partial charge in [-0.3, -0.25) is 4.79 Å². The molecule has 0 aromatic carbocycles. The van der Waals surface area contributed by atoms with Crippen molar-refractivity contribution < 1.29 is 18.1 Å². The summed E-state index contributed by atoms with van der Waals surface area (Å²) in [5.74, 6) is -1.92. The van der Waals surface area contributed by atoms with Crippen LogP contribution in [0.3, 0.4) is 0 Å². The minimum Gasteiger partial charge on any atom is -0.266 e. The van der Waals surface area contributed by atoms with E-state index in [0.29, 0.717) is 0 Å². The fraction of sp³-hybridized carbons (Fsp3) is 0.875. The maximum Gasteiger partial charge on any atom is 0.316 e. The number of carbonyl (C=O) groups excluding carboxylic acids is 1. The van der Waals surface area contributed by atoms with Gasteiger partial charge in [0.15, 0.2) is 5.29 Å². The summed E-state index contributed by atoms with van der Waals surface area (Å²) >= 11 is 0. The highest BCUT2D eigenvalue weighted by atomic mass is 28.1. The average Bonchev–Trinajstić information content (AvgIpc) is 2.01. The number of halogens is 3. The summed E-state index contributed by atoms with van der Waals surface area (Å²) in [6.07, 6.45) is 0.